The SMILES string of the molecule is Cc1c(C=O)cccc1C1=C(c2cccc(C=O)c2C)c2cccc3cccc1c23. The van der Waals surface area contributed by atoms with Crippen molar-refractivity contribution < 1.29 is 9.59 Å². The minimum atomic E-state index is 0.695. The highest BCUT2D eigenvalue weighted by molar-refractivity contribution is 6.21. The maximum Gasteiger partial charge on any atom is 0.150 e. The second kappa shape index (κ2) is 6.93. The Hall–Kier alpha value is -3.78. The smallest absolute Gasteiger partial charge is 0.150 e. The molecule has 144 valence electrons. The molecule has 0 bridgehead atoms. The third-order valence-electron chi connectivity index (χ3n) is 6.24. The Bertz CT molecular complexity index is 1290. The second-order valence-corrected chi connectivity index (χ2v) is 7.73. The molecule has 0 N–H and O–H groups in total. The fourth-order valence-electron chi connectivity index (χ4n) is 4.69. The molecule has 30 heavy (non-hydrogen) atoms. The van der Waals surface area contributed by atoms with E-state index in [1.165, 1.54) is 21.9 Å². The molecule has 0 atom stereocenters. The normalized spacial score (nSPS) is 12.5. The Kier molecular flexibility index (Phi) is 4.22. The Morgan fingerprint density at radius 2 is 0.933 bits per heavy atom. The van der Waals surface area contributed by atoms with Gasteiger partial charge in [0.15, 0.2) is 0 Å². The molecule has 0 amide bonds. The van der Waals surface area contributed by atoms with Crippen LogP contribution in [0.4, 0.5) is 0 Å². The highest BCUT2D eigenvalue weighted by Crippen LogP contribution is 2.49. The van der Waals surface area contributed by atoms with Gasteiger partial charge in [0.2, 0.25) is 0 Å². The summed E-state index contributed by atoms with van der Waals surface area (Å²) in [5.74, 6) is 0. The van der Waals surface area contributed by atoms with E-state index in [4.69, 9.17) is 0 Å². The van der Waals surface area contributed by atoms with Crippen molar-refractivity contribution in [2.45, 2.75) is 13.8 Å². The molecule has 0 heterocycles. The van der Waals surface area contributed by atoms with Crippen molar-refractivity contribution >= 4 is 34.5 Å². The summed E-state index contributed by atoms with van der Waals surface area (Å²) in [7, 11) is 0. The van der Waals surface area contributed by atoms with Crippen LogP contribution in [0.5, 0.6) is 0 Å². The van der Waals surface area contributed by atoms with Crippen LogP contribution in [0.15, 0.2) is 72.8 Å². The van der Waals surface area contributed by atoms with Gasteiger partial charge in [-0.25, -0.2) is 0 Å². The van der Waals surface area contributed by atoms with Gasteiger partial charge in [0.05, 0.1) is 0 Å². The van der Waals surface area contributed by atoms with E-state index in [9.17, 15) is 9.59 Å². The van der Waals surface area contributed by atoms with Crippen molar-refractivity contribution in [2.75, 3.05) is 0 Å². The summed E-state index contributed by atoms with van der Waals surface area (Å²) in [4.78, 5) is 23.3. The molecular weight excluding hydrogens is 368 g/mol. The number of carbonyl (C=O) groups is 2. The molecule has 5 rings (SSSR count). The Morgan fingerprint density at radius 1 is 0.533 bits per heavy atom. The number of hydrogen-bond acceptors (Lipinski definition) is 2. The number of carbonyl (C=O) groups excluding carboxylic acids is 2. The van der Waals surface area contributed by atoms with Crippen LogP contribution < -0.4 is 0 Å². The molecule has 0 unspecified atom stereocenters. The van der Waals surface area contributed by atoms with E-state index in [1.54, 1.807) is 0 Å². The van der Waals surface area contributed by atoms with Crippen molar-refractivity contribution in [1.82, 2.24) is 0 Å². The van der Waals surface area contributed by atoms with E-state index in [2.05, 4.69) is 48.5 Å². The minimum Gasteiger partial charge on any atom is -0.298 e. The summed E-state index contributed by atoms with van der Waals surface area (Å²) < 4.78 is 0. The number of hydrogen-bond donors (Lipinski definition) is 0. The van der Waals surface area contributed by atoms with E-state index in [0.29, 0.717) is 11.1 Å². The highest BCUT2D eigenvalue weighted by Gasteiger charge is 2.28. The minimum absolute atomic E-state index is 0.695. The average molecular weight is 388 g/mol. The molecule has 0 radical (unpaired) electrons. The summed E-state index contributed by atoms with van der Waals surface area (Å²) >= 11 is 0. The van der Waals surface area contributed by atoms with Crippen LogP contribution in [-0.2, 0) is 0 Å². The summed E-state index contributed by atoms with van der Waals surface area (Å²) in [6.07, 6.45) is 1.83. The molecule has 0 saturated carbocycles. The quantitative estimate of drug-likeness (QED) is 0.334. The molecule has 0 aliphatic heterocycles. The van der Waals surface area contributed by atoms with Gasteiger partial charge < -0.3 is 0 Å². The second-order valence-electron chi connectivity index (χ2n) is 7.73. The van der Waals surface area contributed by atoms with Crippen LogP contribution >= 0.6 is 0 Å². The van der Waals surface area contributed by atoms with E-state index in [1.807, 2.05) is 38.1 Å². The molecule has 4 aromatic rings. The van der Waals surface area contributed by atoms with Gasteiger partial charge in [-0.2, -0.15) is 0 Å². The molecule has 0 spiro atoms. The fourth-order valence-corrected chi connectivity index (χ4v) is 4.69. The predicted octanol–water partition coefficient (Wildman–Crippen LogP) is 6.40. The standard InChI is InChI=1S/C28H20O2/c1-17-20(15-29)9-5-11-22(17)27-24-13-3-7-19-8-4-14-25(26(19)24)28(27)23-12-6-10-21(16-30)18(23)2/h3-16H,1-2H3. The van der Waals surface area contributed by atoms with E-state index in [-0.39, 0.29) is 0 Å². The number of rotatable bonds is 4. The van der Waals surface area contributed by atoms with Gasteiger partial charge in [-0.3, -0.25) is 9.59 Å². The Morgan fingerprint density at radius 3 is 1.37 bits per heavy atom. The summed E-state index contributed by atoms with van der Waals surface area (Å²) in [6.45, 7) is 4.00. The summed E-state index contributed by atoms with van der Waals surface area (Å²) in [6, 6.07) is 24.5. The summed E-state index contributed by atoms with van der Waals surface area (Å²) in [5, 5.41) is 2.41. The van der Waals surface area contributed by atoms with Crippen LogP contribution in [0.2, 0.25) is 0 Å². The monoisotopic (exact) mass is 388 g/mol. The van der Waals surface area contributed by atoms with Gasteiger partial charge in [-0.05, 0) is 69.1 Å². The van der Waals surface area contributed by atoms with Crippen molar-refractivity contribution in [3.63, 3.8) is 0 Å². The van der Waals surface area contributed by atoms with Crippen LogP contribution in [0.3, 0.4) is 0 Å². The topological polar surface area (TPSA) is 34.1 Å². The van der Waals surface area contributed by atoms with Crippen LogP contribution in [0.25, 0.3) is 21.9 Å². The van der Waals surface area contributed by atoms with Crippen LogP contribution in [0.1, 0.15) is 54.1 Å². The lowest BCUT2D eigenvalue weighted by Crippen LogP contribution is -1.99. The molecule has 1 aliphatic rings. The maximum absolute atomic E-state index is 11.6. The van der Waals surface area contributed by atoms with Gasteiger partial charge in [-0.1, -0.05) is 72.8 Å². The van der Waals surface area contributed by atoms with Crippen LogP contribution in [-0.4, -0.2) is 12.6 Å². The lowest BCUT2D eigenvalue weighted by Gasteiger charge is -2.16. The van der Waals surface area contributed by atoms with Gasteiger partial charge in [0.25, 0.3) is 0 Å². The number of benzene rings is 4. The average Bonchev–Trinajstić information content (AvgIpc) is 3.10. The molecule has 2 nitrogen and oxygen atoms in total. The van der Waals surface area contributed by atoms with Crippen molar-refractivity contribution in [1.29, 1.82) is 0 Å². The third-order valence-corrected chi connectivity index (χ3v) is 6.24. The van der Waals surface area contributed by atoms with E-state index >= 15 is 0 Å². The van der Waals surface area contributed by atoms with Gasteiger partial charge in [0, 0.05) is 11.1 Å². The first-order valence-corrected chi connectivity index (χ1v) is 10.0. The van der Waals surface area contributed by atoms with E-state index in [0.717, 1.165) is 46.0 Å². The first-order chi connectivity index (χ1) is 14.7. The van der Waals surface area contributed by atoms with Crippen molar-refractivity contribution in [3.8, 4) is 0 Å². The molecule has 0 saturated heterocycles. The zero-order chi connectivity index (χ0) is 20.8. The first-order valence-electron chi connectivity index (χ1n) is 10.0. The summed E-state index contributed by atoms with van der Waals surface area (Å²) in [5.41, 5.74) is 10.00. The lowest BCUT2D eigenvalue weighted by atomic mass is 9.87. The molecule has 0 aromatic heterocycles. The van der Waals surface area contributed by atoms with Gasteiger partial charge in [0.1, 0.15) is 12.6 Å². The molecule has 2 heteroatoms. The van der Waals surface area contributed by atoms with Crippen molar-refractivity contribution in [2.24, 2.45) is 0 Å². The van der Waals surface area contributed by atoms with Gasteiger partial charge >= 0.3 is 0 Å². The Labute approximate surface area is 175 Å². The zero-order valence-corrected chi connectivity index (χ0v) is 16.9. The molecular formula is C28H20O2. The lowest BCUT2D eigenvalue weighted by molar-refractivity contribution is 0.111. The molecule has 0 fully saturated rings. The van der Waals surface area contributed by atoms with E-state index < -0.39 is 0 Å². The predicted molar refractivity (Wildman–Crippen MR) is 122 cm³/mol. The van der Waals surface area contributed by atoms with Gasteiger partial charge in [-0.15, -0.1) is 0 Å². The number of aldehydes is 2. The third kappa shape index (κ3) is 2.50. The van der Waals surface area contributed by atoms with Crippen LogP contribution in [0, 0.1) is 13.8 Å². The van der Waals surface area contributed by atoms with Crippen molar-refractivity contribution in [3.05, 3.63) is 117 Å². The highest BCUT2D eigenvalue weighted by atomic mass is 16.1. The zero-order valence-electron chi connectivity index (χ0n) is 16.9. The fraction of sp³-hybridized carbons (Fsp3) is 0.0714. The largest absolute Gasteiger partial charge is 0.298 e. The first kappa shape index (κ1) is 18.3. The maximum atomic E-state index is 11.6. The Balaban J connectivity index is 1.96. The molecule has 1 aliphatic carbocycles. The molecule has 4 aromatic carbocycles.